The third kappa shape index (κ3) is 4.53. The van der Waals surface area contributed by atoms with Crippen LogP contribution in [0, 0.1) is 5.92 Å². The minimum atomic E-state index is -0.144. The molecule has 0 bridgehead atoms. The number of carbonyl (C=O) groups excluding carboxylic acids is 1. The van der Waals surface area contributed by atoms with E-state index in [4.69, 9.17) is 27.6 Å². The smallest absolute Gasteiger partial charge is 0.252 e. The minimum Gasteiger partial charge on any atom is -0.468 e. The number of likely N-dealkylation sites (tertiary alicyclic amines) is 1. The van der Waals surface area contributed by atoms with Crippen molar-refractivity contribution in [1.82, 2.24) is 10.2 Å². The van der Waals surface area contributed by atoms with Crippen molar-refractivity contribution in [3.05, 3.63) is 58.0 Å². The second-order valence-electron chi connectivity index (χ2n) is 6.13. The van der Waals surface area contributed by atoms with Gasteiger partial charge in [-0.25, -0.2) is 0 Å². The zero-order valence-corrected chi connectivity index (χ0v) is 14.8. The summed E-state index contributed by atoms with van der Waals surface area (Å²) in [6.07, 6.45) is 3.84. The summed E-state index contributed by atoms with van der Waals surface area (Å²) in [6.45, 7) is 3.56. The Kier molecular flexibility index (Phi) is 5.82. The first-order chi connectivity index (χ1) is 11.6. The highest BCUT2D eigenvalue weighted by Gasteiger charge is 2.21. The van der Waals surface area contributed by atoms with Crippen LogP contribution in [0.1, 0.15) is 29.0 Å². The van der Waals surface area contributed by atoms with Gasteiger partial charge in [-0.05, 0) is 62.2 Å². The molecule has 1 fully saturated rings. The van der Waals surface area contributed by atoms with Gasteiger partial charge in [0.25, 0.3) is 5.91 Å². The summed E-state index contributed by atoms with van der Waals surface area (Å²) < 4.78 is 5.39. The molecule has 0 radical (unpaired) electrons. The van der Waals surface area contributed by atoms with Crippen molar-refractivity contribution in [3.63, 3.8) is 0 Å². The van der Waals surface area contributed by atoms with Gasteiger partial charge in [-0.3, -0.25) is 9.69 Å². The number of carbonyl (C=O) groups is 1. The van der Waals surface area contributed by atoms with Crippen LogP contribution in [-0.2, 0) is 6.54 Å². The Labute approximate surface area is 151 Å². The molecule has 3 rings (SSSR count). The summed E-state index contributed by atoms with van der Waals surface area (Å²) in [6, 6.07) is 8.84. The van der Waals surface area contributed by atoms with Crippen LogP contribution in [-0.4, -0.2) is 30.4 Å². The number of amides is 1. The zero-order valence-electron chi connectivity index (χ0n) is 13.3. The summed E-state index contributed by atoms with van der Waals surface area (Å²) in [7, 11) is 0. The molecule has 4 nitrogen and oxygen atoms in total. The number of benzene rings is 1. The van der Waals surface area contributed by atoms with E-state index in [0.717, 1.165) is 38.2 Å². The Morgan fingerprint density at radius 3 is 2.71 bits per heavy atom. The number of hydrogen-bond donors (Lipinski definition) is 1. The van der Waals surface area contributed by atoms with E-state index in [-0.39, 0.29) is 5.91 Å². The van der Waals surface area contributed by atoms with Crippen LogP contribution in [0.5, 0.6) is 0 Å². The normalized spacial score (nSPS) is 16.2. The van der Waals surface area contributed by atoms with E-state index in [0.29, 0.717) is 28.1 Å². The van der Waals surface area contributed by atoms with Crippen molar-refractivity contribution >= 4 is 29.1 Å². The van der Waals surface area contributed by atoms with Crippen molar-refractivity contribution in [3.8, 4) is 0 Å². The molecule has 1 N–H and O–H groups in total. The van der Waals surface area contributed by atoms with Crippen LogP contribution in [0.2, 0.25) is 10.0 Å². The Morgan fingerprint density at radius 1 is 1.25 bits per heavy atom. The predicted octanol–water partition coefficient (Wildman–Crippen LogP) is 4.23. The zero-order chi connectivity index (χ0) is 16.9. The molecule has 0 unspecified atom stereocenters. The fourth-order valence-corrected chi connectivity index (χ4v) is 3.47. The molecule has 24 heavy (non-hydrogen) atoms. The van der Waals surface area contributed by atoms with Crippen LogP contribution in [0.3, 0.4) is 0 Å². The van der Waals surface area contributed by atoms with Crippen molar-refractivity contribution in [2.24, 2.45) is 5.92 Å². The maximum atomic E-state index is 12.2. The molecule has 1 aliphatic heterocycles. The molecule has 0 spiro atoms. The van der Waals surface area contributed by atoms with E-state index in [2.05, 4.69) is 10.2 Å². The molecule has 0 aliphatic carbocycles. The highest BCUT2D eigenvalue weighted by Crippen LogP contribution is 2.22. The van der Waals surface area contributed by atoms with Gasteiger partial charge in [0, 0.05) is 11.6 Å². The van der Waals surface area contributed by atoms with Crippen molar-refractivity contribution < 1.29 is 9.21 Å². The van der Waals surface area contributed by atoms with Gasteiger partial charge in [0.05, 0.1) is 23.4 Å². The Hall–Kier alpha value is -1.49. The molecule has 1 aromatic heterocycles. The molecule has 0 atom stereocenters. The number of nitrogens with zero attached hydrogens (tertiary/aromatic N) is 1. The first kappa shape index (κ1) is 17.3. The standard InChI is InChI=1S/C18H20Cl2N2O2/c19-14-3-4-16(17(20)10-14)18(23)21-11-13-5-7-22(8-6-13)12-15-2-1-9-24-15/h1-4,9-10,13H,5-8,11-12H2,(H,21,23). The number of nitrogens with one attached hydrogen (secondary N) is 1. The van der Waals surface area contributed by atoms with E-state index in [1.165, 1.54) is 0 Å². The molecule has 6 heteroatoms. The summed E-state index contributed by atoms with van der Waals surface area (Å²) in [5.41, 5.74) is 0.469. The molecule has 2 heterocycles. The molecule has 1 aromatic carbocycles. The number of furan rings is 1. The Balaban J connectivity index is 1.44. The second-order valence-corrected chi connectivity index (χ2v) is 6.98. The molecule has 2 aromatic rings. The van der Waals surface area contributed by atoms with Crippen LogP contribution in [0.25, 0.3) is 0 Å². The first-order valence-electron chi connectivity index (χ1n) is 8.10. The molecule has 1 aliphatic rings. The summed E-state index contributed by atoms with van der Waals surface area (Å²) in [4.78, 5) is 14.6. The molecular formula is C18H20Cl2N2O2. The van der Waals surface area contributed by atoms with Gasteiger partial charge in [-0.1, -0.05) is 23.2 Å². The lowest BCUT2D eigenvalue weighted by molar-refractivity contribution is 0.0934. The number of hydrogen-bond acceptors (Lipinski definition) is 3. The van der Waals surface area contributed by atoms with Gasteiger partial charge in [0.1, 0.15) is 5.76 Å². The largest absolute Gasteiger partial charge is 0.468 e. The highest BCUT2D eigenvalue weighted by molar-refractivity contribution is 6.36. The van der Waals surface area contributed by atoms with Gasteiger partial charge in [0.2, 0.25) is 0 Å². The summed E-state index contributed by atoms with van der Waals surface area (Å²) >= 11 is 11.9. The van der Waals surface area contributed by atoms with E-state index < -0.39 is 0 Å². The maximum Gasteiger partial charge on any atom is 0.252 e. The van der Waals surface area contributed by atoms with Crippen LogP contribution < -0.4 is 5.32 Å². The van der Waals surface area contributed by atoms with Crippen LogP contribution in [0.15, 0.2) is 41.0 Å². The van der Waals surface area contributed by atoms with Gasteiger partial charge < -0.3 is 9.73 Å². The topological polar surface area (TPSA) is 45.5 Å². The van der Waals surface area contributed by atoms with Gasteiger partial charge in [-0.2, -0.15) is 0 Å². The highest BCUT2D eigenvalue weighted by atomic mass is 35.5. The number of halogens is 2. The predicted molar refractivity (Wildman–Crippen MR) is 95.5 cm³/mol. The van der Waals surface area contributed by atoms with E-state index >= 15 is 0 Å². The Morgan fingerprint density at radius 2 is 2.04 bits per heavy atom. The molecule has 1 saturated heterocycles. The van der Waals surface area contributed by atoms with Crippen molar-refractivity contribution in [2.75, 3.05) is 19.6 Å². The third-order valence-corrected chi connectivity index (χ3v) is 4.94. The lowest BCUT2D eigenvalue weighted by Gasteiger charge is -2.31. The lowest BCUT2D eigenvalue weighted by Crippen LogP contribution is -2.38. The van der Waals surface area contributed by atoms with Gasteiger partial charge in [-0.15, -0.1) is 0 Å². The van der Waals surface area contributed by atoms with Gasteiger partial charge in [0.15, 0.2) is 0 Å². The lowest BCUT2D eigenvalue weighted by atomic mass is 9.96. The maximum absolute atomic E-state index is 12.2. The quantitative estimate of drug-likeness (QED) is 0.860. The fraction of sp³-hybridized carbons (Fsp3) is 0.389. The van der Waals surface area contributed by atoms with Crippen molar-refractivity contribution in [1.29, 1.82) is 0 Å². The average molecular weight is 367 g/mol. The molecule has 128 valence electrons. The summed E-state index contributed by atoms with van der Waals surface area (Å²) in [5.74, 6) is 1.35. The van der Waals surface area contributed by atoms with E-state index in [9.17, 15) is 4.79 Å². The fourth-order valence-electron chi connectivity index (χ4n) is 2.98. The van der Waals surface area contributed by atoms with Gasteiger partial charge >= 0.3 is 0 Å². The Bertz CT molecular complexity index is 680. The molecular weight excluding hydrogens is 347 g/mol. The number of rotatable bonds is 5. The van der Waals surface area contributed by atoms with E-state index in [1.807, 2.05) is 12.1 Å². The minimum absolute atomic E-state index is 0.144. The molecule has 1 amide bonds. The first-order valence-corrected chi connectivity index (χ1v) is 8.85. The van der Waals surface area contributed by atoms with Crippen LogP contribution >= 0.6 is 23.2 Å². The molecule has 0 saturated carbocycles. The van der Waals surface area contributed by atoms with E-state index in [1.54, 1.807) is 24.5 Å². The number of piperidine rings is 1. The summed E-state index contributed by atoms with van der Waals surface area (Å²) in [5, 5.41) is 3.90. The van der Waals surface area contributed by atoms with Crippen molar-refractivity contribution in [2.45, 2.75) is 19.4 Å². The SMILES string of the molecule is O=C(NCC1CCN(Cc2ccco2)CC1)c1ccc(Cl)cc1Cl. The third-order valence-electron chi connectivity index (χ3n) is 4.39. The monoisotopic (exact) mass is 366 g/mol. The average Bonchev–Trinajstić information content (AvgIpc) is 3.07. The van der Waals surface area contributed by atoms with Crippen LogP contribution in [0.4, 0.5) is 0 Å². The second kappa shape index (κ2) is 8.06.